The first-order valence-corrected chi connectivity index (χ1v) is 6.85. The summed E-state index contributed by atoms with van der Waals surface area (Å²) in [6.45, 7) is 1.13. The van der Waals surface area contributed by atoms with Crippen molar-refractivity contribution in [2.75, 3.05) is 13.1 Å². The van der Waals surface area contributed by atoms with Crippen molar-refractivity contribution in [3.05, 3.63) is 34.9 Å². The topological polar surface area (TPSA) is 60.8 Å². The number of hydrogen-bond donors (Lipinski definition) is 2. The molecule has 1 aliphatic rings. The van der Waals surface area contributed by atoms with Crippen molar-refractivity contribution in [3.8, 4) is 0 Å². The van der Waals surface area contributed by atoms with Crippen molar-refractivity contribution in [1.82, 2.24) is 4.90 Å². The Hall–Kier alpha value is -1.26. The van der Waals surface area contributed by atoms with E-state index in [4.69, 9.17) is 16.7 Å². The molecule has 1 fully saturated rings. The van der Waals surface area contributed by atoms with Gasteiger partial charge in [-0.1, -0.05) is 23.7 Å². The Bertz CT molecular complexity index is 427. The molecule has 19 heavy (non-hydrogen) atoms. The van der Waals surface area contributed by atoms with Crippen molar-refractivity contribution in [2.24, 2.45) is 5.92 Å². The van der Waals surface area contributed by atoms with Crippen LogP contribution in [-0.4, -0.2) is 34.3 Å². The summed E-state index contributed by atoms with van der Waals surface area (Å²) in [5, 5.41) is 19.7. The monoisotopic (exact) mass is 283 g/mol. The molecule has 5 heteroatoms. The molecule has 2 rings (SSSR count). The average Bonchev–Trinajstić information content (AvgIpc) is 2.40. The van der Waals surface area contributed by atoms with E-state index >= 15 is 0 Å². The van der Waals surface area contributed by atoms with Crippen LogP contribution in [0.1, 0.15) is 30.9 Å². The number of halogens is 1. The van der Waals surface area contributed by atoms with Crippen LogP contribution in [0.25, 0.3) is 0 Å². The summed E-state index contributed by atoms with van der Waals surface area (Å²) in [4.78, 5) is 12.2. The van der Waals surface area contributed by atoms with Crippen LogP contribution in [-0.2, 0) is 0 Å². The van der Waals surface area contributed by atoms with Gasteiger partial charge in [0.05, 0.1) is 6.10 Å². The lowest BCUT2D eigenvalue weighted by Gasteiger charge is -2.31. The molecule has 0 saturated carbocycles. The fourth-order valence-electron chi connectivity index (χ4n) is 2.50. The molecule has 1 heterocycles. The van der Waals surface area contributed by atoms with Gasteiger partial charge in [0.15, 0.2) is 0 Å². The minimum atomic E-state index is -0.850. The predicted octanol–water partition coefficient (Wildman–Crippen LogP) is 3.15. The Kier molecular flexibility index (Phi) is 4.66. The Labute approximate surface area is 117 Å². The van der Waals surface area contributed by atoms with Crippen LogP contribution in [0.3, 0.4) is 0 Å². The van der Waals surface area contributed by atoms with E-state index in [1.165, 1.54) is 4.90 Å². The third kappa shape index (κ3) is 3.85. The van der Waals surface area contributed by atoms with Gasteiger partial charge in [0.25, 0.3) is 0 Å². The van der Waals surface area contributed by atoms with Crippen molar-refractivity contribution in [3.63, 3.8) is 0 Å². The van der Waals surface area contributed by atoms with E-state index in [0.29, 0.717) is 30.5 Å². The molecular formula is C14H18ClNO3. The highest BCUT2D eigenvalue weighted by Crippen LogP contribution is 2.28. The van der Waals surface area contributed by atoms with Crippen LogP contribution in [0.4, 0.5) is 4.79 Å². The number of nitrogens with zero attached hydrogens (tertiary/aromatic N) is 1. The molecule has 0 bridgehead atoms. The minimum absolute atomic E-state index is 0.376. The van der Waals surface area contributed by atoms with Gasteiger partial charge in [-0.25, -0.2) is 4.79 Å². The van der Waals surface area contributed by atoms with Crippen LogP contribution in [0.15, 0.2) is 24.3 Å². The Morgan fingerprint density at radius 3 is 2.42 bits per heavy atom. The van der Waals surface area contributed by atoms with Gasteiger partial charge in [-0.15, -0.1) is 0 Å². The van der Waals surface area contributed by atoms with Crippen molar-refractivity contribution >= 4 is 17.7 Å². The molecule has 0 aliphatic carbocycles. The summed E-state index contributed by atoms with van der Waals surface area (Å²) in [5.41, 5.74) is 0.866. The first-order chi connectivity index (χ1) is 9.06. The third-order valence-electron chi connectivity index (χ3n) is 3.70. The number of carboxylic acid groups (broad SMARTS) is 1. The van der Waals surface area contributed by atoms with Gasteiger partial charge >= 0.3 is 6.09 Å². The fourth-order valence-corrected chi connectivity index (χ4v) is 2.62. The third-order valence-corrected chi connectivity index (χ3v) is 3.95. The predicted molar refractivity (Wildman–Crippen MR) is 73.4 cm³/mol. The maximum atomic E-state index is 10.8. The minimum Gasteiger partial charge on any atom is -0.465 e. The number of likely N-dealkylation sites (tertiary alicyclic amines) is 1. The van der Waals surface area contributed by atoms with E-state index < -0.39 is 12.2 Å². The lowest BCUT2D eigenvalue weighted by Crippen LogP contribution is -2.37. The second-order valence-electron chi connectivity index (χ2n) is 5.02. The zero-order chi connectivity index (χ0) is 13.8. The molecule has 1 amide bonds. The van der Waals surface area contributed by atoms with Gasteiger partial charge in [-0.2, -0.15) is 0 Å². The fraction of sp³-hybridized carbons (Fsp3) is 0.500. The summed E-state index contributed by atoms with van der Waals surface area (Å²) < 4.78 is 0. The molecule has 1 saturated heterocycles. The highest BCUT2D eigenvalue weighted by atomic mass is 35.5. The standard InChI is InChI=1S/C14H18ClNO3/c15-12-3-1-11(2-4-12)13(17)9-10-5-7-16(8-6-10)14(18)19/h1-4,10,13,17H,5-9H2,(H,18,19). The van der Waals surface area contributed by atoms with E-state index in [9.17, 15) is 9.90 Å². The first kappa shape index (κ1) is 14.2. The van der Waals surface area contributed by atoms with Gasteiger partial charge < -0.3 is 15.1 Å². The molecule has 4 nitrogen and oxygen atoms in total. The Morgan fingerprint density at radius 1 is 1.32 bits per heavy atom. The Morgan fingerprint density at radius 2 is 1.89 bits per heavy atom. The lowest BCUT2D eigenvalue weighted by molar-refractivity contribution is 0.0981. The van der Waals surface area contributed by atoms with Crippen molar-refractivity contribution in [2.45, 2.75) is 25.4 Å². The number of aliphatic hydroxyl groups excluding tert-OH is 1. The summed E-state index contributed by atoms with van der Waals surface area (Å²) in [7, 11) is 0. The van der Waals surface area contributed by atoms with Crippen LogP contribution < -0.4 is 0 Å². The molecular weight excluding hydrogens is 266 g/mol. The van der Waals surface area contributed by atoms with Gasteiger partial charge in [0, 0.05) is 18.1 Å². The lowest BCUT2D eigenvalue weighted by atomic mass is 9.89. The van der Waals surface area contributed by atoms with Gasteiger partial charge in [-0.05, 0) is 42.9 Å². The van der Waals surface area contributed by atoms with E-state index in [0.717, 1.165) is 18.4 Å². The van der Waals surface area contributed by atoms with E-state index in [-0.39, 0.29) is 0 Å². The number of hydrogen-bond acceptors (Lipinski definition) is 2. The molecule has 1 aromatic rings. The van der Waals surface area contributed by atoms with E-state index in [1.54, 1.807) is 12.1 Å². The number of piperidine rings is 1. The first-order valence-electron chi connectivity index (χ1n) is 6.47. The quantitative estimate of drug-likeness (QED) is 0.896. The van der Waals surface area contributed by atoms with E-state index in [1.807, 2.05) is 12.1 Å². The highest BCUT2D eigenvalue weighted by molar-refractivity contribution is 6.30. The van der Waals surface area contributed by atoms with Gasteiger partial charge in [0.2, 0.25) is 0 Å². The zero-order valence-electron chi connectivity index (χ0n) is 10.6. The number of amides is 1. The van der Waals surface area contributed by atoms with Crippen molar-refractivity contribution in [1.29, 1.82) is 0 Å². The summed E-state index contributed by atoms with van der Waals surface area (Å²) >= 11 is 5.81. The molecule has 0 aromatic heterocycles. The largest absolute Gasteiger partial charge is 0.465 e. The van der Waals surface area contributed by atoms with Crippen LogP contribution in [0.2, 0.25) is 5.02 Å². The SMILES string of the molecule is O=C(O)N1CCC(CC(O)c2ccc(Cl)cc2)CC1. The highest BCUT2D eigenvalue weighted by Gasteiger charge is 2.24. The number of rotatable bonds is 3. The summed E-state index contributed by atoms with van der Waals surface area (Å²) in [6.07, 6.45) is 0.957. The molecule has 1 unspecified atom stereocenters. The molecule has 2 N–H and O–H groups in total. The molecule has 104 valence electrons. The number of carbonyl (C=O) groups is 1. The Balaban J connectivity index is 1.85. The molecule has 1 aliphatic heterocycles. The van der Waals surface area contributed by atoms with Crippen LogP contribution in [0.5, 0.6) is 0 Å². The number of aliphatic hydroxyl groups is 1. The smallest absolute Gasteiger partial charge is 0.407 e. The maximum absolute atomic E-state index is 10.8. The maximum Gasteiger partial charge on any atom is 0.407 e. The van der Waals surface area contributed by atoms with Crippen molar-refractivity contribution < 1.29 is 15.0 Å². The second-order valence-corrected chi connectivity index (χ2v) is 5.45. The molecule has 1 atom stereocenters. The molecule has 0 radical (unpaired) electrons. The average molecular weight is 284 g/mol. The van der Waals surface area contributed by atoms with Crippen LogP contribution >= 0.6 is 11.6 Å². The summed E-state index contributed by atoms with van der Waals surface area (Å²) in [6, 6.07) is 7.21. The zero-order valence-corrected chi connectivity index (χ0v) is 11.4. The second kappa shape index (κ2) is 6.26. The normalized spacial score (nSPS) is 18.3. The van der Waals surface area contributed by atoms with Gasteiger partial charge in [0.1, 0.15) is 0 Å². The van der Waals surface area contributed by atoms with Gasteiger partial charge in [-0.3, -0.25) is 0 Å². The van der Waals surface area contributed by atoms with E-state index in [2.05, 4.69) is 0 Å². The molecule has 1 aromatic carbocycles. The summed E-state index contributed by atoms with van der Waals surface area (Å²) in [5.74, 6) is 0.376. The number of benzene rings is 1. The molecule has 0 spiro atoms. The van der Waals surface area contributed by atoms with Crippen LogP contribution in [0, 0.1) is 5.92 Å².